The molecule has 2 saturated heterocycles. The number of nitrogens with two attached hydrogens (primary N) is 1. The van der Waals surface area contributed by atoms with Gasteiger partial charge in [-0.3, -0.25) is 9.59 Å². The maximum atomic E-state index is 13.2. The van der Waals surface area contributed by atoms with Gasteiger partial charge in [-0.05, 0) is 19.1 Å². The zero-order valence-corrected chi connectivity index (χ0v) is 20.2. The molecule has 0 aliphatic carbocycles. The number of rotatable bonds is 7. The van der Waals surface area contributed by atoms with E-state index in [1.165, 1.54) is 16.2 Å². The number of fused-ring (bicyclic) bond motifs is 1. The molecule has 178 valence electrons. The molecule has 0 saturated carbocycles. The highest BCUT2D eigenvalue weighted by Crippen LogP contribution is 2.52. The van der Waals surface area contributed by atoms with Crippen LogP contribution < -0.4 is 15.4 Å². The lowest BCUT2D eigenvalue weighted by Crippen LogP contribution is -2.63. The van der Waals surface area contributed by atoms with E-state index in [2.05, 4.69) is 9.88 Å². The number of hydrogen-bond donors (Lipinski definition) is 2. The van der Waals surface area contributed by atoms with E-state index in [0.717, 1.165) is 10.0 Å². The molecule has 1 aromatic carbocycles. The van der Waals surface area contributed by atoms with E-state index in [0.29, 0.717) is 18.8 Å². The smallest absolute Gasteiger partial charge is 0.361 e. The van der Waals surface area contributed by atoms with Crippen molar-refractivity contribution >= 4 is 46.0 Å². The van der Waals surface area contributed by atoms with Crippen LogP contribution in [-0.4, -0.2) is 63.3 Å². The number of carbonyl (C=O) groups is 3. The molecule has 3 aliphatic rings. The molecule has 1 aromatic heterocycles. The second kappa shape index (κ2) is 8.71. The molecule has 34 heavy (non-hydrogen) atoms. The lowest BCUT2D eigenvalue weighted by Gasteiger charge is -2.46. The van der Waals surface area contributed by atoms with Crippen LogP contribution in [0.2, 0.25) is 0 Å². The van der Waals surface area contributed by atoms with Crippen molar-refractivity contribution in [3.63, 3.8) is 0 Å². The summed E-state index contributed by atoms with van der Waals surface area (Å²) in [5, 5.41) is 12.7. The summed E-state index contributed by atoms with van der Waals surface area (Å²) in [5.74, 6) is -1.60. The summed E-state index contributed by atoms with van der Waals surface area (Å²) in [7, 11) is 0. The molecule has 4 atom stereocenters. The Balaban J connectivity index is 1.36. The number of aromatic nitrogens is 1. The molecule has 11 heteroatoms. The van der Waals surface area contributed by atoms with E-state index in [-0.39, 0.29) is 34.5 Å². The molecule has 0 bridgehead atoms. The average molecular weight is 501 g/mol. The van der Waals surface area contributed by atoms with Gasteiger partial charge in [0.05, 0.1) is 18.1 Å². The molecule has 3 N–H and O–H groups in total. The van der Waals surface area contributed by atoms with Gasteiger partial charge in [0.1, 0.15) is 17.1 Å². The Morgan fingerprint density at radius 1 is 1.29 bits per heavy atom. The second-order valence-corrected chi connectivity index (χ2v) is 10.9. The van der Waals surface area contributed by atoms with Crippen LogP contribution in [0.5, 0.6) is 5.75 Å². The highest BCUT2D eigenvalue weighted by molar-refractivity contribution is 8.03. The van der Waals surface area contributed by atoms with Gasteiger partial charge in [-0.15, -0.1) is 23.1 Å². The number of β-lactam (4-membered cyclic amide) rings is 1. The first-order chi connectivity index (χ1) is 16.3. The summed E-state index contributed by atoms with van der Waals surface area (Å²) >= 11 is 2.94. The number of hydrogen-bond acceptors (Lipinski definition) is 9. The number of nitrogens with zero attached hydrogens (tertiary/aromatic N) is 3. The van der Waals surface area contributed by atoms with Crippen LogP contribution in [0.4, 0.5) is 5.13 Å². The molecule has 4 heterocycles. The Kier molecular flexibility index (Phi) is 5.86. The third kappa shape index (κ3) is 3.77. The quantitative estimate of drug-likeness (QED) is 0.335. The molecule has 0 radical (unpaired) electrons. The van der Waals surface area contributed by atoms with Gasteiger partial charge >= 0.3 is 5.97 Å². The number of amides is 2. The molecular formula is C23H24N4O5S2. The van der Waals surface area contributed by atoms with Crippen LogP contribution in [0, 0.1) is 11.8 Å². The van der Waals surface area contributed by atoms with Crippen LogP contribution >= 0.6 is 23.1 Å². The van der Waals surface area contributed by atoms with Crippen molar-refractivity contribution in [2.24, 2.45) is 17.6 Å². The predicted octanol–water partition coefficient (Wildman–Crippen LogP) is 1.84. The van der Waals surface area contributed by atoms with E-state index in [4.69, 9.17) is 10.5 Å². The Morgan fingerprint density at radius 3 is 2.62 bits per heavy atom. The van der Waals surface area contributed by atoms with Crippen LogP contribution in [0.3, 0.4) is 0 Å². The van der Waals surface area contributed by atoms with Gasteiger partial charge in [0.15, 0.2) is 5.13 Å². The summed E-state index contributed by atoms with van der Waals surface area (Å²) in [6.07, 6.45) is -0.796. The molecule has 9 nitrogen and oxygen atoms in total. The van der Waals surface area contributed by atoms with Crippen molar-refractivity contribution in [1.29, 1.82) is 0 Å². The normalized spacial score (nSPS) is 25.0. The van der Waals surface area contributed by atoms with Crippen molar-refractivity contribution < 1.29 is 24.2 Å². The van der Waals surface area contributed by atoms with Gasteiger partial charge < -0.3 is 25.4 Å². The zero-order chi connectivity index (χ0) is 24.1. The predicted molar refractivity (Wildman–Crippen MR) is 128 cm³/mol. The van der Waals surface area contributed by atoms with Crippen LogP contribution in [-0.2, 0) is 9.59 Å². The lowest BCUT2D eigenvalue weighted by atomic mass is 9.79. The first kappa shape index (κ1) is 22.9. The molecule has 3 aliphatic heterocycles. The molecule has 5 rings (SSSR count). The summed E-state index contributed by atoms with van der Waals surface area (Å²) in [5.41, 5.74) is 5.82. The van der Waals surface area contributed by atoms with E-state index in [1.54, 1.807) is 48.3 Å². The number of benzene rings is 1. The minimum Gasteiger partial charge on any atom is -0.422 e. The SMILES string of the molecule is C[C@@H](O)[C@H]1C(=O)N2C(C(=O)Oc3ccccc3)=C(SC3CN(c4nc(C(N)=O)cs4)C3)[C@H](C)[C@H]12. The van der Waals surface area contributed by atoms with Crippen molar-refractivity contribution in [2.45, 2.75) is 31.2 Å². The topological polar surface area (TPSA) is 126 Å². The van der Waals surface area contributed by atoms with E-state index in [9.17, 15) is 19.5 Å². The van der Waals surface area contributed by atoms with Crippen molar-refractivity contribution in [1.82, 2.24) is 9.88 Å². The molecular weight excluding hydrogens is 476 g/mol. The number of thioether (sulfide) groups is 1. The number of ether oxygens (including phenoxy) is 1. The van der Waals surface area contributed by atoms with Crippen LogP contribution in [0.1, 0.15) is 24.3 Å². The Labute approximate surface area is 204 Å². The third-order valence-corrected chi connectivity index (χ3v) is 8.76. The number of para-hydroxylation sites is 1. The Hall–Kier alpha value is -2.89. The lowest BCUT2D eigenvalue weighted by molar-refractivity contribution is -0.162. The largest absolute Gasteiger partial charge is 0.422 e. The van der Waals surface area contributed by atoms with Crippen molar-refractivity contribution in [2.75, 3.05) is 18.0 Å². The molecule has 0 unspecified atom stereocenters. The summed E-state index contributed by atoms with van der Waals surface area (Å²) < 4.78 is 5.59. The monoisotopic (exact) mass is 500 g/mol. The van der Waals surface area contributed by atoms with Gasteiger partial charge in [-0.25, -0.2) is 9.78 Å². The number of aliphatic hydroxyl groups excluding tert-OH is 1. The first-order valence-corrected chi connectivity index (χ1v) is 12.7. The van der Waals surface area contributed by atoms with Crippen LogP contribution in [0.15, 0.2) is 46.3 Å². The van der Waals surface area contributed by atoms with E-state index < -0.39 is 23.9 Å². The Morgan fingerprint density at radius 2 is 2.00 bits per heavy atom. The van der Waals surface area contributed by atoms with Gasteiger partial charge in [-0.1, -0.05) is 25.1 Å². The second-order valence-electron chi connectivity index (χ2n) is 8.69. The van der Waals surface area contributed by atoms with Crippen molar-refractivity contribution in [3.05, 3.63) is 52.0 Å². The zero-order valence-electron chi connectivity index (χ0n) is 18.6. The number of anilines is 1. The van der Waals surface area contributed by atoms with Gasteiger partial charge in [0, 0.05) is 34.5 Å². The fourth-order valence-electron chi connectivity index (χ4n) is 4.68. The first-order valence-electron chi connectivity index (χ1n) is 11.0. The average Bonchev–Trinajstić information content (AvgIpc) is 3.33. The molecule has 0 spiro atoms. The summed E-state index contributed by atoms with van der Waals surface area (Å²) in [4.78, 5) is 46.0. The fourth-order valence-corrected chi connectivity index (χ4v) is 7.03. The minimum absolute atomic E-state index is 0.101. The highest BCUT2D eigenvalue weighted by atomic mass is 32.2. The van der Waals surface area contributed by atoms with E-state index in [1.807, 2.05) is 13.0 Å². The Bertz CT molecular complexity index is 1180. The number of primary amides is 1. The minimum atomic E-state index is -0.796. The van der Waals surface area contributed by atoms with Gasteiger partial charge in [0.25, 0.3) is 5.91 Å². The summed E-state index contributed by atoms with van der Waals surface area (Å²) in [6.45, 7) is 4.97. The van der Waals surface area contributed by atoms with Gasteiger partial charge in [0.2, 0.25) is 5.91 Å². The third-order valence-electron chi connectivity index (χ3n) is 6.41. The van der Waals surface area contributed by atoms with E-state index >= 15 is 0 Å². The maximum absolute atomic E-state index is 13.2. The molecule has 2 fully saturated rings. The maximum Gasteiger partial charge on any atom is 0.361 e. The number of esters is 1. The number of aliphatic hydroxyl groups is 1. The van der Waals surface area contributed by atoms with Gasteiger partial charge in [-0.2, -0.15) is 0 Å². The standard InChI is InChI=1S/C23H24N4O5S2/c1-11-17-16(12(2)28)21(30)27(17)18(22(31)32-13-6-4-3-5-7-13)19(11)34-14-8-26(9-14)23-25-15(10-33-23)20(24)29/h3-7,10-12,14,16-17,28H,8-9H2,1-2H3,(H2,24,29)/t11-,12-,16-,17-/m1/s1. The molecule has 2 aromatic rings. The number of carbonyl (C=O) groups excluding carboxylic acids is 3. The molecule has 2 amide bonds. The highest BCUT2D eigenvalue weighted by Gasteiger charge is 2.60. The summed E-state index contributed by atoms with van der Waals surface area (Å²) in [6, 6.07) is 8.49. The van der Waals surface area contributed by atoms with Crippen molar-refractivity contribution in [3.8, 4) is 5.75 Å². The van der Waals surface area contributed by atoms with Crippen LogP contribution in [0.25, 0.3) is 0 Å². The fraction of sp³-hybridized carbons (Fsp3) is 0.391. The number of thiazole rings is 1.